The minimum absolute atomic E-state index is 0.0971. The number of aromatic nitrogens is 2. The first kappa shape index (κ1) is 9.26. The fourth-order valence-electron chi connectivity index (χ4n) is 0.962. The van der Waals surface area contributed by atoms with Gasteiger partial charge in [0.2, 0.25) is 5.15 Å². The summed E-state index contributed by atoms with van der Waals surface area (Å²) in [5, 5.41) is 11.7. The van der Waals surface area contributed by atoms with E-state index in [0.29, 0.717) is 16.7 Å². The van der Waals surface area contributed by atoms with Crippen LogP contribution in [0.5, 0.6) is 0 Å². The summed E-state index contributed by atoms with van der Waals surface area (Å²) in [6, 6.07) is 1.56. The molecule has 0 atom stereocenters. The van der Waals surface area contributed by atoms with Gasteiger partial charge < -0.3 is 5.21 Å². The Hall–Kier alpha value is -0.830. The minimum Gasteiger partial charge on any atom is -0.711 e. The van der Waals surface area contributed by atoms with Crippen molar-refractivity contribution in [2.45, 2.75) is 26.7 Å². The van der Waals surface area contributed by atoms with Crippen LogP contribution in [0.15, 0.2) is 6.07 Å². The summed E-state index contributed by atoms with van der Waals surface area (Å²) in [5.41, 5.74) is 0.582. The lowest BCUT2D eigenvalue weighted by molar-refractivity contribution is -0.625. The van der Waals surface area contributed by atoms with Gasteiger partial charge in [-0.2, -0.15) is 0 Å². The van der Waals surface area contributed by atoms with E-state index in [9.17, 15) is 5.21 Å². The SMILES string of the molecule is Cc1cc(Cl)nc(C(C)C)[n+]1[O-]. The van der Waals surface area contributed by atoms with Gasteiger partial charge in [-0.05, 0) is 23.5 Å². The number of halogens is 1. The van der Waals surface area contributed by atoms with Gasteiger partial charge in [0.05, 0.1) is 5.92 Å². The zero-order valence-corrected chi connectivity index (χ0v) is 8.09. The molecule has 0 saturated carbocycles. The van der Waals surface area contributed by atoms with Crippen molar-refractivity contribution in [3.63, 3.8) is 0 Å². The Balaban J connectivity index is 3.28. The highest BCUT2D eigenvalue weighted by Crippen LogP contribution is 2.11. The lowest BCUT2D eigenvalue weighted by atomic mass is 10.2. The number of aryl methyl sites for hydroxylation is 1. The van der Waals surface area contributed by atoms with Crippen LogP contribution in [0.2, 0.25) is 5.15 Å². The van der Waals surface area contributed by atoms with Gasteiger partial charge in [0, 0.05) is 6.07 Å². The van der Waals surface area contributed by atoms with Crippen LogP contribution in [0.3, 0.4) is 0 Å². The first-order chi connectivity index (χ1) is 5.52. The third kappa shape index (κ3) is 1.67. The van der Waals surface area contributed by atoms with Gasteiger partial charge in [0.25, 0.3) is 0 Å². The van der Waals surface area contributed by atoms with Crippen LogP contribution in [0.25, 0.3) is 0 Å². The van der Waals surface area contributed by atoms with E-state index in [2.05, 4.69) is 4.98 Å². The van der Waals surface area contributed by atoms with E-state index in [0.717, 1.165) is 4.73 Å². The van der Waals surface area contributed by atoms with Crippen molar-refractivity contribution in [1.82, 2.24) is 4.98 Å². The van der Waals surface area contributed by atoms with Crippen molar-refractivity contribution >= 4 is 11.6 Å². The number of nitrogens with zero attached hydrogens (tertiary/aromatic N) is 2. The average Bonchev–Trinajstić information content (AvgIpc) is 1.96. The Morgan fingerprint density at radius 3 is 2.67 bits per heavy atom. The molecule has 0 aliphatic carbocycles. The van der Waals surface area contributed by atoms with Crippen LogP contribution in [0, 0.1) is 12.1 Å². The molecule has 1 rings (SSSR count). The molecule has 0 N–H and O–H groups in total. The summed E-state index contributed by atoms with van der Waals surface area (Å²) in [4.78, 5) is 3.95. The zero-order chi connectivity index (χ0) is 9.30. The summed E-state index contributed by atoms with van der Waals surface area (Å²) in [6.45, 7) is 5.53. The number of rotatable bonds is 1. The van der Waals surface area contributed by atoms with E-state index in [1.807, 2.05) is 13.8 Å². The second kappa shape index (κ2) is 3.27. The molecule has 0 radical (unpaired) electrons. The third-order valence-corrected chi connectivity index (χ3v) is 1.79. The molecule has 0 bridgehead atoms. The van der Waals surface area contributed by atoms with Crippen molar-refractivity contribution in [3.8, 4) is 0 Å². The first-order valence-electron chi connectivity index (χ1n) is 3.79. The lowest BCUT2D eigenvalue weighted by Gasteiger charge is -2.10. The van der Waals surface area contributed by atoms with Crippen molar-refractivity contribution in [2.75, 3.05) is 0 Å². The topological polar surface area (TPSA) is 39.8 Å². The van der Waals surface area contributed by atoms with Crippen LogP contribution in [-0.4, -0.2) is 4.98 Å². The second-order valence-electron chi connectivity index (χ2n) is 3.03. The van der Waals surface area contributed by atoms with E-state index in [4.69, 9.17) is 11.6 Å². The summed E-state index contributed by atoms with van der Waals surface area (Å²) in [6.07, 6.45) is 0. The Bertz CT molecular complexity index is 299. The summed E-state index contributed by atoms with van der Waals surface area (Å²) >= 11 is 5.70. The Morgan fingerprint density at radius 2 is 2.17 bits per heavy atom. The highest BCUT2D eigenvalue weighted by molar-refractivity contribution is 6.29. The third-order valence-electron chi connectivity index (χ3n) is 1.59. The number of hydrogen-bond acceptors (Lipinski definition) is 2. The second-order valence-corrected chi connectivity index (χ2v) is 3.41. The van der Waals surface area contributed by atoms with E-state index in [-0.39, 0.29) is 5.92 Å². The molecule has 1 heterocycles. The molecule has 0 aliphatic rings. The van der Waals surface area contributed by atoms with Crippen LogP contribution in [-0.2, 0) is 0 Å². The molecule has 4 heteroatoms. The molecule has 1 aromatic rings. The largest absolute Gasteiger partial charge is 0.711 e. The fourth-order valence-corrected chi connectivity index (χ4v) is 1.21. The molecule has 66 valence electrons. The van der Waals surface area contributed by atoms with E-state index >= 15 is 0 Å². The molecular weight excluding hydrogens is 176 g/mol. The van der Waals surface area contributed by atoms with Crippen molar-refractivity contribution < 1.29 is 4.73 Å². The highest BCUT2D eigenvalue weighted by atomic mass is 35.5. The maximum atomic E-state index is 11.4. The monoisotopic (exact) mass is 186 g/mol. The Kier molecular flexibility index (Phi) is 2.52. The molecule has 0 unspecified atom stereocenters. The Labute approximate surface area is 76.6 Å². The van der Waals surface area contributed by atoms with Crippen molar-refractivity contribution in [1.29, 1.82) is 0 Å². The van der Waals surface area contributed by atoms with E-state index < -0.39 is 0 Å². The standard InChI is InChI=1S/C8H11ClN2O/c1-5(2)8-10-7(9)4-6(3)11(8)12/h4-5H,1-3H3. The molecule has 3 nitrogen and oxygen atoms in total. The maximum Gasteiger partial charge on any atom is 0.305 e. The van der Waals surface area contributed by atoms with Crippen LogP contribution < -0.4 is 4.73 Å². The van der Waals surface area contributed by atoms with Gasteiger partial charge in [0.1, 0.15) is 5.69 Å². The molecule has 0 saturated heterocycles. The van der Waals surface area contributed by atoms with Gasteiger partial charge in [-0.1, -0.05) is 13.8 Å². The molecule has 0 aromatic carbocycles. The normalized spacial score (nSPS) is 10.8. The zero-order valence-electron chi connectivity index (χ0n) is 7.34. The molecular formula is C8H11ClN2O. The highest BCUT2D eigenvalue weighted by Gasteiger charge is 2.15. The van der Waals surface area contributed by atoms with Gasteiger partial charge in [-0.3, -0.25) is 0 Å². The average molecular weight is 187 g/mol. The summed E-state index contributed by atoms with van der Waals surface area (Å²) in [7, 11) is 0. The van der Waals surface area contributed by atoms with E-state index in [1.165, 1.54) is 0 Å². The van der Waals surface area contributed by atoms with Crippen molar-refractivity contribution in [2.24, 2.45) is 0 Å². The fraction of sp³-hybridized carbons (Fsp3) is 0.500. The van der Waals surface area contributed by atoms with Crippen LogP contribution in [0.1, 0.15) is 31.3 Å². The predicted molar refractivity (Wildman–Crippen MR) is 47.0 cm³/mol. The molecule has 12 heavy (non-hydrogen) atoms. The minimum atomic E-state index is 0.0971. The van der Waals surface area contributed by atoms with Gasteiger partial charge in [0.15, 0.2) is 0 Å². The molecule has 0 fully saturated rings. The van der Waals surface area contributed by atoms with Gasteiger partial charge in [-0.15, -0.1) is 0 Å². The lowest BCUT2D eigenvalue weighted by Crippen LogP contribution is -2.37. The molecule has 0 amide bonds. The smallest absolute Gasteiger partial charge is 0.305 e. The maximum absolute atomic E-state index is 11.4. The van der Waals surface area contributed by atoms with Gasteiger partial charge in [-0.25, -0.2) is 4.73 Å². The molecule has 0 aliphatic heterocycles. The van der Waals surface area contributed by atoms with Crippen molar-refractivity contribution in [3.05, 3.63) is 27.9 Å². The quantitative estimate of drug-likeness (QED) is 0.381. The van der Waals surface area contributed by atoms with Crippen LogP contribution in [0.4, 0.5) is 0 Å². The predicted octanol–water partition coefficient (Wildman–Crippen LogP) is 1.80. The summed E-state index contributed by atoms with van der Waals surface area (Å²) < 4.78 is 0.816. The first-order valence-corrected chi connectivity index (χ1v) is 4.16. The van der Waals surface area contributed by atoms with Crippen LogP contribution >= 0.6 is 11.6 Å². The molecule has 0 spiro atoms. The Morgan fingerprint density at radius 1 is 1.58 bits per heavy atom. The number of hydrogen-bond donors (Lipinski definition) is 0. The molecule has 1 aromatic heterocycles. The summed E-state index contributed by atoms with van der Waals surface area (Å²) in [5.74, 6) is 0.569. The van der Waals surface area contributed by atoms with Gasteiger partial charge >= 0.3 is 5.82 Å². The van der Waals surface area contributed by atoms with E-state index in [1.54, 1.807) is 13.0 Å².